The van der Waals surface area contributed by atoms with Gasteiger partial charge in [-0.05, 0) is 38.0 Å². The van der Waals surface area contributed by atoms with Crippen LogP contribution in [0.15, 0.2) is 0 Å². The molecular formula is C20H34N2O4. The molecule has 148 valence electrons. The van der Waals surface area contributed by atoms with E-state index in [1.807, 2.05) is 0 Å². The van der Waals surface area contributed by atoms with Gasteiger partial charge in [0.15, 0.2) is 0 Å². The quantitative estimate of drug-likeness (QED) is 0.733. The van der Waals surface area contributed by atoms with Gasteiger partial charge in [-0.3, -0.25) is 14.4 Å². The van der Waals surface area contributed by atoms with Crippen molar-refractivity contribution in [2.24, 2.45) is 17.8 Å². The van der Waals surface area contributed by atoms with Crippen molar-refractivity contribution in [2.45, 2.75) is 71.8 Å². The number of nitrogens with one attached hydrogen (secondary N) is 1. The number of ether oxygens (including phenoxy) is 1. The Morgan fingerprint density at radius 1 is 1.04 bits per heavy atom. The van der Waals surface area contributed by atoms with Gasteiger partial charge in [0.2, 0.25) is 11.8 Å². The number of rotatable bonds is 6. The molecular weight excluding hydrogens is 332 g/mol. The predicted octanol–water partition coefficient (Wildman–Crippen LogP) is 2.51. The van der Waals surface area contributed by atoms with Crippen LogP contribution in [0, 0.1) is 17.8 Å². The minimum atomic E-state index is -0.158. The van der Waals surface area contributed by atoms with E-state index in [0.717, 1.165) is 12.8 Å². The van der Waals surface area contributed by atoms with Gasteiger partial charge in [0.1, 0.15) is 0 Å². The Kier molecular flexibility index (Phi) is 7.91. The van der Waals surface area contributed by atoms with Gasteiger partial charge < -0.3 is 15.0 Å². The van der Waals surface area contributed by atoms with Crippen LogP contribution in [0.1, 0.15) is 65.7 Å². The maximum Gasteiger partial charge on any atom is 0.309 e. The van der Waals surface area contributed by atoms with E-state index in [-0.39, 0.29) is 42.6 Å². The predicted molar refractivity (Wildman–Crippen MR) is 99.3 cm³/mol. The number of piperidine rings is 1. The first-order chi connectivity index (χ1) is 12.4. The summed E-state index contributed by atoms with van der Waals surface area (Å²) in [4.78, 5) is 38.1. The second-order valence-corrected chi connectivity index (χ2v) is 7.85. The molecule has 2 amide bonds. The lowest BCUT2D eigenvalue weighted by atomic mass is 9.78. The molecule has 26 heavy (non-hydrogen) atoms. The van der Waals surface area contributed by atoms with Gasteiger partial charge in [0.25, 0.3) is 0 Å². The van der Waals surface area contributed by atoms with Crippen molar-refractivity contribution in [1.29, 1.82) is 0 Å². The molecule has 0 radical (unpaired) electrons. The molecule has 0 aromatic carbocycles. The molecule has 0 bridgehead atoms. The van der Waals surface area contributed by atoms with Gasteiger partial charge in [0, 0.05) is 32.0 Å². The Hall–Kier alpha value is -1.59. The van der Waals surface area contributed by atoms with Crippen LogP contribution in [-0.4, -0.2) is 48.4 Å². The minimum Gasteiger partial charge on any atom is -0.466 e. The summed E-state index contributed by atoms with van der Waals surface area (Å²) in [5.74, 6) is 0.854. The lowest BCUT2D eigenvalue weighted by Gasteiger charge is -2.34. The molecule has 6 heteroatoms. The summed E-state index contributed by atoms with van der Waals surface area (Å²) in [6.45, 7) is 7.78. The Morgan fingerprint density at radius 2 is 1.73 bits per heavy atom. The number of carbonyl (C=O) groups excluding carboxylic acids is 3. The fraction of sp³-hybridized carbons (Fsp3) is 0.850. The zero-order valence-electron chi connectivity index (χ0n) is 16.5. The molecule has 1 heterocycles. The molecule has 2 fully saturated rings. The van der Waals surface area contributed by atoms with Gasteiger partial charge in [-0.1, -0.05) is 26.7 Å². The average molecular weight is 367 g/mol. The van der Waals surface area contributed by atoms with Crippen molar-refractivity contribution < 1.29 is 19.1 Å². The van der Waals surface area contributed by atoms with Crippen LogP contribution >= 0.6 is 0 Å². The highest BCUT2D eigenvalue weighted by molar-refractivity contribution is 5.84. The number of nitrogens with zero attached hydrogens (tertiary/aromatic N) is 1. The van der Waals surface area contributed by atoms with Crippen molar-refractivity contribution in [1.82, 2.24) is 10.2 Å². The maximum atomic E-state index is 12.3. The highest BCUT2D eigenvalue weighted by atomic mass is 16.5. The van der Waals surface area contributed by atoms with Crippen molar-refractivity contribution in [3.8, 4) is 0 Å². The Morgan fingerprint density at radius 3 is 2.38 bits per heavy atom. The Balaban J connectivity index is 1.68. The SMILES string of the molecule is CCOC(=O)C1CCN(C(=O)CCC(=O)N[C@@H]2CCC[C@H](C)[C@@H]2C)CC1. The van der Waals surface area contributed by atoms with E-state index in [2.05, 4.69) is 19.2 Å². The molecule has 2 rings (SSSR count). The summed E-state index contributed by atoms with van der Waals surface area (Å²) in [6.07, 6.45) is 5.20. The van der Waals surface area contributed by atoms with Crippen molar-refractivity contribution >= 4 is 17.8 Å². The number of likely N-dealkylation sites (tertiary alicyclic amines) is 1. The third kappa shape index (κ3) is 5.71. The number of esters is 1. The maximum absolute atomic E-state index is 12.3. The first-order valence-corrected chi connectivity index (χ1v) is 10.2. The molecule has 6 nitrogen and oxygen atoms in total. The molecule has 0 spiro atoms. The third-order valence-electron chi connectivity index (χ3n) is 6.09. The molecule has 2 aliphatic rings. The summed E-state index contributed by atoms with van der Waals surface area (Å²) in [6, 6.07) is 0.238. The van der Waals surface area contributed by atoms with E-state index in [0.29, 0.717) is 44.4 Å². The zero-order chi connectivity index (χ0) is 19.1. The van der Waals surface area contributed by atoms with Crippen molar-refractivity contribution in [3.63, 3.8) is 0 Å². The molecule has 3 atom stereocenters. The normalized spacial score (nSPS) is 27.0. The lowest BCUT2D eigenvalue weighted by Crippen LogP contribution is -2.44. The number of hydrogen-bond acceptors (Lipinski definition) is 4. The Bertz CT molecular complexity index is 500. The largest absolute Gasteiger partial charge is 0.466 e. The molecule has 0 unspecified atom stereocenters. The third-order valence-corrected chi connectivity index (χ3v) is 6.09. The number of amides is 2. The molecule has 0 aromatic rings. The summed E-state index contributed by atoms with van der Waals surface area (Å²) in [7, 11) is 0. The van der Waals surface area contributed by atoms with E-state index >= 15 is 0 Å². The van der Waals surface area contributed by atoms with Crippen LogP contribution in [0.4, 0.5) is 0 Å². The van der Waals surface area contributed by atoms with Crippen LogP contribution in [-0.2, 0) is 19.1 Å². The number of carbonyl (C=O) groups is 3. The Labute approximate surface area is 157 Å². The second-order valence-electron chi connectivity index (χ2n) is 7.85. The number of hydrogen-bond donors (Lipinski definition) is 1. The van der Waals surface area contributed by atoms with E-state index in [4.69, 9.17) is 4.74 Å². The highest BCUT2D eigenvalue weighted by Crippen LogP contribution is 2.29. The first kappa shape index (κ1) is 20.7. The van der Waals surface area contributed by atoms with Crippen LogP contribution in [0.5, 0.6) is 0 Å². The van der Waals surface area contributed by atoms with E-state index in [1.54, 1.807) is 11.8 Å². The van der Waals surface area contributed by atoms with Crippen LogP contribution in [0.3, 0.4) is 0 Å². The highest BCUT2D eigenvalue weighted by Gasteiger charge is 2.30. The summed E-state index contributed by atoms with van der Waals surface area (Å²) in [5, 5.41) is 3.12. The fourth-order valence-electron chi connectivity index (χ4n) is 4.07. The fourth-order valence-corrected chi connectivity index (χ4v) is 4.07. The van der Waals surface area contributed by atoms with Crippen molar-refractivity contribution in [3.05, 3.63) is 0 Å². The average Bonchev–Trinajstić information content (AvgIpc) is 2.64. The van der Waals surface area contributed by atoms with Gasteiger partial charge >= 0.3 is 5.97 Å². The molecule has 1 saturated carbocycles. The molecule has 1 N–H and O–H groups in total. The van der Waals surface area contributed by atoms with Gasteiger partial charge in [0.05, 0.1) is 12.5 Å². The van der Waals surface area contributed by atoms with E-state index < -0.39 is 0 Å². The smallest absolute Gasteiger partial charge is 0.309 e. The second kappa shape index (κ2) is 9.93. The summed E-state index contributed by atoms with van der Waals surface area (Å²) < 4.78 is 5.05. The van der Waals surface area contributed by atoms with Gasteiger partial charge in [-0.2, -0.15) is 0 Å². The van der Waals surface area contributed by atoms with E-state index in [9.17, 15) is 14.4 Å². The molecule has 1 aliphatic heterocycles. The van der Waals surface area contributed by atoms with Crippen LogP contribution < -0.4 is 5.32 Å². The topological polar surface area (TPSA) is 75.7 Å². The summed E-state index contributed by atoms with van der Waals surface area (Å²) in [5.41, 5.74) is 0. The summed E-state index contributed by atoms with van der Waals surface area (Å²) >= 11 is 0. The minimum absolute atomic E-state index is 0.00696. The van der Waals surface area contributed by atoms with Crippen LogP contribution in [0.2, 0.25) is 0 Å². The van der Waals surface area contributed by atoms with Gasteiger partial charge in [-0.15, -0.1) is 0 Å². The molecule has 1 saturated heterocycles. The standard InChI is InChI=1S/C20H34N2O4/c1-4-26-20(25)16-10-12-22(13-11-16)19(24)9-8-18(23)21-17-7-5-6-14(2)15(17)3/h14-17H,4-13H2,1-3H3,(H,21,23)/t14-,15-,17+/m0/s1. The lowest BCUT2D eigenvalue weighted by molar-refractivity contribution is -0.151. The van der Waals surface area contributed by atoms with E-state index in [1.165, 1.54) is 6.42 Å². The monoisotopic (exact) mass is 366 g/mol. The first-order valence-electron chi connectivity index (χ1n) is 10.2. The molecule has 1 aliphatic carbocycles. The van der Waals surface area contributed by atoms with Crippen molar-refractivity contribution in [2.75, 3.05) is 19.7 Å². The molecule has 0 aromatic heterocycles. The van der Waals surface area contributed by atoms with Gasteiger partial charge in [-0.25, -0.2) is 0 Å². The zero-order valence-corrected chi connectivity index (χ0v) is 16.5. The van der Waals surface area contributed by atoms with Crippen LogP contribution in [0.25, 0.3) is 0 Å².